The Hall–Kier alpha value is -1.22. The third kappa shape index (κ3) is 4.11. The molecular formula is C13H23N3. The zero-order chi connectivity index (χ0) is 12.0. The molecule has 3 N–H and O–H groups in total. The van der Waals surface area contributed by atoms with Gasteiger partial charge >= 0.3 is 0 Å². The average molecular weight is 221 g/mol. The molecule has 1 rings (SSSR count). The Balaban J connectivity index is 2.52. The molecule has 0 aliphatic heterocycles. The molecule has 0 aliphatic rings. The summed E-state index contributed by atoms with van der Waals surface area (Å²) in [5.41, 5.74) is 9.18. The average Bonchev–Trinajstić information content (AvgIpc) is 2.21. The molecule has 3 heteroatoms. The lowest BCUT2D eigenvalue weighted by molar-refractivity contribution is 0.400. The number of benzene rings is 1. The van der Waals surface area contributed by atoms with E-state index in [1.54, 1.807) is 0 Å². The largest absolute Gasteiger partial charge is 0.397 e. The van der Waals surface area contributed by atoms with Gasteiger partial charge in [0.1, 0.15) is 0 Å². The molecule has 90 valence electrons. The van der Waals surface area contributed by atoms with Crippen LogP contribution in [0.25, 0.3) is 0 Å². The van der Waals surface area contributed by atoms with Crippen molar-refractivity contribution in [2.45, 2.75) is 19.8 Å². The van der Waals surface area contributed by atoms with E-state index in [0.29, 0.717) is 0 Å². The van der Waals surface area contributed by atoms with Crippen molar-refractivity contribution in [1.82, 2.24) is 4.90 Å². The molecule has 0 aromatic heterocycles. The highest BCUT2D eigenvalue weighted by Crippen LogP contribution is 2.20. The number of aryl methyl sites for hydroxylation is 1. The van der Waals surface area contributed by atoms with Gasteiger partial charge in [-0.25, -0.2) is 0 Å². The van der Waals surface area contributed by atoms with Gasteiger partial charge in [0.15, 0.2) is 0 Å². The van der Waals surface area contributed by atoms with Crippen LogP contribution in [0.5, 0.6) is 0 Å². The van der Waals surface area contributed by atoms with Gasteiger partial charge in [-0.05, 0) is 58.1 Å². The highest BCUT2D eigenvalue weighted by molar-refractivity contribution is 5.66. The molecule has 0 atom stereocenters. The molecule has 1 aromatic carbocycles. The van der Waals surface area contributed by atoms with Gasteiger partial charge in [0.25, 0.3) is 0 Å². The molecule has 0 saturated heterocycles. The standard InChI is InChI=1S/C13H23N3/c1-4-15-13-8-7-11(10-12(13)14)6-5-9-16(2)3/h7-8,10,15H,4-6,9,14H2,1-3H3. The van der Waals surface area contributed by atoms with Gasteiger partial charge in [0.05, 0.1) is 11.4 Å². The van der Waals surface area contributed by atoms with E-state index in [1.807, 2.05) is 0 Å². The minimum absolute atomic E-state index is 0.851. The molecular weight excluding hydrogens is 198 g/mol. The van der Waals surface area contributed by atoms with Crippen molar-refractivity contribution in [2.24, 2.45) is 0 Å². The third-order valence-corrected chi connectivity index (χ3v) is 2.55. The number of nitrogens with one attached hydrogen (secondary N) is 1. The minimum Gasteiger partial charge on any atom is -0.397 e. The van der Waals surface area contributed by atoms with Crippen LogP contribution in [0, 0.1) is 0 Å². The minimum atomic E-state index is 0.851. The maximum Gasteiger partial charge on any atom is 0.0574 e. The molecule has 16 heavy (non-hydrogen) atoms. The predicted molar refractivity (Wildman–Crippen MR) is 71.9 cm³/mol. The monoisotopic (exact) mass is 221 g/mol. The van der Waals surface area contributed by atoms with Crippen molar-refractivity contribution in [2.75, 3.05) is 38.2 Å². The maximum atomic E-state index is 5.97. The van der Waals surface area contributed by atoms with Crippen molar-refractivity contribution in [3.05, 3.63) is 23.8 Å². The first-order valence-electron chi connectivity index (χ1n) is 5.90. The topological polar surface area (TPSA) is 41.3 Å². The van der Waals surface area contributed by atoms with Crippen LogP contribution in [-0.4, -0.2) is 32.1 Å². The molecule has 0 amide bonds. The Kier molecular flexibility index (Phi) is 5.12. The molecule has 0 aliphatic carbocycles. The van der Waals surface area contributed by atoms with Gasteiger partial charge in [0, 0.05) is 6.54 Å². The molecule has 0 spiro atoms. The lowest BCUT2D eigenvalue weighted by atomic mass is 10.1. The van der Waals surface area contributed by atoms with Crippen LogP contribution in [0.2, 0.25) is 0 Å². The Morgan fingerprint density at radius 2 is 2.06 bits per heavy atom. The second-order valence-electron chi connectivity index (χ2n) is 4.36. The summed E-state index contributed by atoms with van der Waals surface area (Å²) in [5, 5.41) is 3.24. The molecule has 0 unspecified atom stereocenters. The van der Waals surface area contributed by atoms with E-state index in [0.717, 1.165) is 30.9 Å². The smallest absolute Gasteiger partial charge is 0.0574 e. The number of anilines is 2. The van der Waals surface area contributed by atoms with Crippen molar-refractivity contribution in [3.8, 4) is 0 Å². The summed E-state index contributed by atoms with van der Waals surface area (Å²) in [6, 6.07) is 6.31. The number of nitrogen functional groups attached to an aromatic ring is 1. The SMILES string of the molecule is CCNc1ccc(CCCN(C)C)cc1N. The van der Waals surface area contributed by atoms with Crippen LogP contribution < -0.4 is 11.1 Å². The molecule has 0 heterocycles. The normalized spacial score (nSPS) is 10.8. The van der Waals surface area contributed by atoms with Gasteiger partial charge in [-0.3, -0.25) is 0 Å². The number of nitrogens with two attached hydrogens (primary N) is 1. The van der Waals surface area contributed by atoms with E-state index < -0.39 is 0 Å². The Bertz CT molecular complexity index is 321. The molecule has 0 saturated carbocycles. The van der Waals surface area contributed by atoms with Crippen molar-refractivity contribution in [1.29, 1.82) is 0 Å². The van der Waals surface area contributed by atoms with Crippen LogP contribution in [0.15, 0.2) is 18.2 Å². The molecule has 1 aromatic rings. The fourth-order valence-electron chi connectivity index (χ4n) is 1.72. The van der Waals surface area contributed by atoms with Crippen LogP contribution in [0.3, 0.4) is 0 Å². The van der Waals surface area contributed by atoms with E-state index in [4.69, 9.17) is 5.73 Å². The summed E-state index contributed by atoms with van der Waals surface area (Å²) in [4.78, 5) is 2.20. The second kappa shape index (κ2) is 6.38. The van der Waals surface area contributed by atoms with Crippen molar-refractivity contribution in [3.63, 3.8) is 0 Å². The van der Waals surface area contributed by atoms with E-state index in [2.05, 4.69) is 49.4 Å². The van der Waals surface area contributed by atoms with Crippen LogP contribution >= 0.6 is 0 Å². The first kappa shape index (κ1) is 12.8. The lowest BCUT2D eigenvalue weighted by Gasteiger charge is -2.11. The maximum absolute atomic E-state index is 5.97. The molecule has 3 nitrogen and oxygen atoms in total. The summed E-state index contributed by atoms with van der Waals surface area (Å²) in [6.07, 6.45) is 2.27. The number of rotatable bonds is 6. The first-order chi connectivity index (χ1) is 7.63. The highest BCUT2D eigenvalue weighted by Gasteiger charge is 2.00. The van der Waals surface area contributed by atoms with Gasteiger partial charge in [-0.2, -0.15) is 0 Å². The van der Waals surface area contributed by atoms with Gasteiger partial charge in [-0.1, -0.05) is 6.07 Å². The van der Waals surface area contributed by atoms with Crippen LogP contribution in [0.4, 0.5) is 11.4 Å². The molecule has 0 bridgehead atoms. The fourth-order valence-corrected chi connectivity index (χ4v) is 1.72. The number of nitrogens with zero attached hydrogens (tertiary/aromatic N) is 1. The van der Waals surface area contributed by atoms with Gasteiger partial charge in [-0.15, -0.1) is 0 Å². The van der Waals surface area contributed by atoms with Crippen molar-refractivity contribution >= 4 is 11.4 Å². The van der Waals surface area contributed by atoms with E-state index in [9.17, 15) is 0 Å². The summed E-state index contributed by atoms with van der Waals surface area (Å²) >= 11 is 0. The quantitative estimate of drug-likeness (QED) is 0.724. The summed E-state index contributed by atoms with van der Waals surface area (Å²) in [6.45, 7) is 4.10. The number of hydrogen-bond donors (Lipinski definition) is 2. The lowest BCUT2D eigenvalue weighted by Crippen LogP contribution is -2.13. The molecule has 0 fully saturated rings. The third-order valence-electron chi connectivity index (χ3n) is 2.55. The predicted octanol–water partition coefficient (Wildman–Crippen LogP) is 2.19. The van der Waals surface area contributed by atoms with E-state index in [-0.39, 0.29) is 0 Å². The zero-order valence-electron chi connectivity index (χ0n) is 10.6. The van der Waals surface area contributed by atoms with Crippen molar-refractivity contribution < 1.29 is 0 Å². The second-order valence-corrected chi connectivity index (χ2v) is 4.36. The summed E-state index contributed by atoms with van der Waals surface area (Å²) in [7, 11) is 4.20. The van der Waals surface area contributed by atoms with E-state index in [1.165, 1.54) is 12.0 Å². The summed E-state index contributed by atoms with van der Waals surface area (Å²) < 4.78 is 0. The number of hydrogen-bond acceptors (Lipinski definition) is 3. The summed E-state index contributed by atoms with van der Waals surface area (Å²) in [5.74, 6) is 0. The van der Waals surface area contributed by atoms with E-state index >= 15 is 0 Å². The zero-order valence-corrected chi connectivity index (χ0v) is 10.6. The fraction of sp³-hybridized carbons (Fsp3) is 0.538. The highest BCUT2D eigenvalue weighted by atomic mass is 15.0. The van der Waals surface area contributed by atoms with Crippen LogP contribution in [0.1, 0.15) is 18.9 Å². The Morgan fingerprint density at radius 3 is 2.62 bits per heavy atom. The Morgan fingerprint density at radius 1 is 1.31 bits per heavy atom. The molecule has 0 radical (unpaired) electrons. The van der Waals surface area contributed by atoms with Gasteiger partial charge < -0.3 is 16.0 Å². The first-order valence-corrected chi connectivity index (χ1v) is 5.90. The van der Waals surface area contributed by atoms with Crippen LogP contribution in [-0.2, 0) is 6.42 Å². The van der Waals surface area contributed by atoms with Gasteiger partial charge in [0.2, 0.25) is 0 Å². The Labute approximate surface area is 98.6 Å².